The molecule has 0 spiro atoms. The summed E-state index contributed by atoms with van der Waals surface area (Å²) < 4.78 is 12.4. The number of hydrogen-bond acceptors (Lipinski definition) is 7. The largest absolute Gasteiger partial charge is 0.493 e. The van der Waals surface area contributed by atoms with Crippen molar-refractivity contribution in [1.82, 2.24) is 14.7 Å². The molecular formula is C24H24N4O5S. The van der Waals surface area contributed by atoms with Crippen LogP contribution in [0.2, 0.25) is 0 Å². The Morgan fingerprint density at radius 3 is 2.53 bits per heavy atom. The molecule has 176 valence electrons. The van der Waals surface area contributed by atoms with Crippen molar-refractivity contribution in [2.45, 2.75) is 20.0 Å². The van der Waals surface area contributed by atoms with E-state index in [4.69, 9.17) is 9.47 Å². The highest BCUT2D eigenvalue weighted by Crippen LogP contribution is 2.28. The second-order valence-electron chi connectivity index (χ2n) is 7.71. The van der Waals surface area contributed by atoms with E-state index in [-0.39, 0.29) is 29.4 Å². The van der Waals surface area contributed by atoms with Gasteiger partial charge in [0.05, 0.1) is 39.3 Å². The van der Waals surface area contributed by atoms with Crippen molar-refractivity contribution in [3.05, 3.63) is 70.9 Å². The first kappa shape index (κ1) is 23.4. The molecule has 3 amide bonds. The lowest BCUT2D eigenvalue weighted by molar-refractivity contribution is -0.125. The van der Waals surface area contributed by atoms with E-state index in [2.05, 4.69) is 10.4 Å². The number of amides is 3. The monoisotopic (exact) mass is 480 g/mol. The molecule has 1 saturated heterocycles. The maximum absolute atomic E-state index is 13.0. The van der Waals surface area contributed by atoms with Gasteiger partial charge in [-0.25, -0.2) is 4.68 Å². The van der Waals surface area contributed by atoms with Crippen molar-refractivity contribution in [2.24, 2.45) is 0 Å². The van der Waals surface area contributed by atoms with Crippen LogP contribution < -0.4 is 14.8 Å². The normalized spacial score (nSPS) is 13.3. The number of ether oxygens (including phenoxy) is 2. The SMILES string of the molecule is COc1ccc(Cn2ncc(C)c2NC(=O)c2cccc(CN3C(=O)CSC3=O)c2)cc1OC. The summed E-state index contributed by atoms with van der Waals surface area (Å²) in [6.07, 6.45) is 1.69. The van der Waals surface area contributed by atoms with Gasteiger partial charge in [0, 0.05) is 11.1 Å². The van der Waals surface area contributed by atoms with Gasteiger partial charge >= 0.3 is 0 Å². The van der Waals surface area contributed by atoms with Gasteiger partial charge in [-0.1, -0.05) is 30.0 Å². The number of thioether (sulfide) groups is 1. The Bertz CT molecular complexity index is 1240. The molecule has 2 aromatic carbocycles. The summed E-state index contributed by atoms with van der Waals surface area (Å²) >= 11 is 0.988. The van der Waals surface area contributed by atoms with Crippen molar-refractivity contribution >= 4 is 34.6 Å². The van der Waals surface area contributed by atoms with Crippen LogP contribution in [-0.2, 0) is 17.9 Å². The molecule has 9 nitrogen and oxygen atoms in total. The summed E-state index contributed by atoms with van der Waals surface area (Å²) in [5, 5.41) is 7.07. The lowest BCUT2D eigenvalue weighted by Crippen LogP contribution is -2.28. The molecule has 0 radical (unpaired) electrons. The fraction of sp³-hybridized carbons (Fsp3) is 0.250. The highest BCUT2D eigenvalue weighted by Gasteiger charge is 2.29. The Labute approximate surface area is 201 Å². The van der Waals surface area contributed by atoms with Crippen molar-refractivity contribution < 1.29 is 23.9 Å². The third kappa shape index (κ3) is 4.91. The molecule has 0 aliphatic carbocycles. The summed E-state index contributed by atoms with van der Waals surface area (Å²) in [5.74, 6) is 1.44. The minimum absolute atomic E-state index is 0.141. The van der Waals surface area contributed by atoms with E-state index in [0.29, 0.717) is 35.0 Å². The van der Waals surface area contributed by atoms with Gasteiger partial charge in [0.1, 0.15) is 5.82 Å². The van der Waals surface area contributed by atoms with Crippen LogP contribution in [0.25, 0.3) is 0 Å². The van der Waals surface area contributed by atoms with Crippen LogP contribution in [0.4, 0.5) is 10.6 Å². The van der Waals surface area contributed by atoms with E-state index in [0.717, 1.165) is 22.9 Å². The van der Waals surface area contributed by atoms with Gasteiger partial charge in [0.25, 0.3) is 11.1 Å². The third-order valence-electron chi connectivity index (χ3n) is 5.41. The maximum atomic E-state index is 13.0. The molecule has 1 fully saturated rings. The Morgan fingerprint density at radius 1 is 1.06 bits per heavy atom. The highest BCUT2D eigenvalue weighted by molar-refractivity contribution is 8.14. The summed E-state index contributed by atoms with van der Waals surface area (Å²) in [6.45, 7) is 2.43. The summed E-state index contributed by atoms with van der Waals surface area (Å²) in [6, 6.07) is 12.5. The Balaban J connectivity index is 1.51. The molecule has 0 saturated carbocycles. The summed E-state index contributed by atoms with van der Waals surface area (Å²) in [4.78, 5) is 38.0. The van der Waals surface area contributed by atoms with Gasteiger partial charge in [-0.2, -0.15) is 5.10 Å². The molecule has 0 bridgehead atoms. The molecule has 1 aromatic heterocycles. The zero-order chi connectivity index (χ0) is 24.2. The van der Waals surface area contributed by atoms with E-state index in [1.165, 1.54) is 4.90 Å². The van der Waals surface area contributed by atoms with Gasteiger partial charge in [0.15, 0.2) is 11.5 Å². The third-order valence-corrected chi connectivity index (χ3v) is 6.26. The number of carbonyl (C=O) groups excluding carboxylic acids is 3. The number of nitrogens with one attached hydrogen (secondary N) is 1. The molecule has 10 heteroatoms. The van der Waals surface area contributed by atoms with Crippen LogP contribution in [-0.4, -0.2) is 51.7 Å². The Hall–Kier alpha value is -3.79. The van der Waals surface area contributed by atoms with E-state index in [1.54, 1.807) is 49.4 Å². The highest BCUT2D eigenvalue weighted by atomic mass is 32.2. The molecule has 4 rings (SSSR count). The molecule has 0 unspecified atom stereocenters. The van der Waals surface area contributed by atoms with Crippen LogP contribution in [0, 0.1) is 6.92 Å². The number of aryl methyl sites for hydroxylation is 1. The predicted molar refractivity (Wildman–Crippen MR) is 128 cm³/mol. The molecule has 1 N–H and O–H groups in total. The van der Waals surface area contributed by atoms with Crippen molar-refractivity contribution in [3.8, 4) is 11.5 Å². The smallest absolute Gasteiger partial charge is 0.289 e. The van der Waals surface area contributed by atoms with Crippen LogP contribution in [0.5, 0.6) is 11.5 Å². The van der Waals surface area contributed by atoms with E-state index >= 15 is 0 Å². The van der Waals surface area contributed by atoms with Gasteiger partial charge in [-0.15, -0.1) is 0 Å². The Kier molecular flexibility index (Phi) is 6.87. The zero-order valence-corrected chi connectivity index (χ0v) is 19.8. The number of anilines is 1. The van der Waals surface area contributed by atoms with Crippen molar-refractivity contribution in [2.75, 3.05) is 25.3 Å². The number of aromatic nitrogens is 2. The molecule has 34 heavy (non-hydrogen) atoms. The van der Waals surface area contributed by atoms with Gasteiger partial charge in [0.2, 0.25) is 5.91 Å². The molecule has 3 aromatic rings. The van der Waals surface area contributed by atoms with Crippen molar-refractivity contribution in [1.29, 1.82) is 0 Å². The predicted octanol–water partition coefficient (Wildman–Crippen LogP) is 3.70. The quantitative estimate of drug-likeness (QED) is 0.524. The minimum Gasteiger partial charge on any atom is -0.493 e. The number of rotatable bonds is 8. The minimum atomic E-state index is -0.313. The van der Waals surface area contributed by atoms with E-state index < -0.39 is 0 Å². The van der Waals surface area contributed by atoms with Crippen molar-refractivity contribution in [3.63, 3.8) is 0 Å². The first-order valence-corrected chi connectivity index (χ1v) is 11.5. The molecular weight excluding hydrogens is 456 g/mol. The number of hydrogen-bond donors (Lipinski definition) is 1. The number of carbonyl (C=O) groups is 3. The second kappa shape index (κ2) is 10.0. The van der Waals surface area contributed by atoms with Gasteiger partial charge in [-0.05, 0) is 42.3 Å². The zero-order valence-electron chi connectivity index (χ0n) is 19.0. The Morgan fingerprint density at radius 2 is 1.82 bits per heavy atom. The second-order valence-corrected chi connectivity index (χ2v) is 8.64. The molecule has 2 heterocycles. The topological polar surface area (TPSA) is 103 Å². The summed E-state index contributed by atoms with van der Waals surface area (Å²) in [7, 11) is 3.16. The number of imide groups is 1. The first-order valence-electron chi connectivity index (χ1n) is 10.5. The number of methoxy groups -OCH3 is 2. The average molecular weight is 481 g/mol. The van der Waals surface area contributed by atoms with E-state index in [9.17, 15) is 14.4 Å². The van der Waals surface area contributed by atoms with Crippen LogP contribution in [0.1, 0.15) is 27.0 Å². The first-order chi connectivity index (χ1) is 16.4. The number of nitrogens with zero attached hydrogens (tertiary/aromatic N) is 3. The lowest BCUT2D eigenvalue weighted by atomic mass is 10.1. The maximum Gasteiger partial charge on any atom is 0.289 e. The fourth-order valence-electron chi connectivity index (χ4n) is 3.62. The van der Waals surface area contributed by atoms with E-state index in [1.807, 2.05) is 25.1 Å². The average Bonchev–Trinajstić information content (AvgIpc) is 3.35. The van der Waals surface area contributed by atoms with Gasteiger partial charge < -0.3 is 14.8 Å². The van der Waals surface area contributed by atoms with Crippen LogP contribution >= 0.6 is 11.8 Å². The molecule has 0 atom stereocenters. The lowest BCUT2D eigenvalue weighted by Gasteiger charge is -2.14. The van der Waals surface area contributed by atoms with Crippen LogP contribution in [0.3, 0.4) is 0 Å². The van der Waals surface area contributed by atoms with Gasteiger partial charge in [-0.3, -0.25) is 19.3 Å². The van der Waals surface area contributed by atoms with Crippen LogP contribution in [0.15, 0.2) is 48.7 Å². The number of benzene rings is 2. The molecule has 1 aliphatic rings. The standard InChI is InChI=1S/C24H24N4O5S/c1-15-11-25-28(13-17-7-8-19(32-2)20(10-17)33-3)22(15)26-23(30)18-6-4-5-16(9-18)12-27-21(29)14-34-24(27)31/h4-11H,12-14H2,1-3H3,(H,26,30). The summed E-state index contributed by atoms with van der Waals surface area (Å²) in [5.41, 5.74) is 2.86. The fourth-order valence-corrected chi connectivity index (χ4v) is 4.35. The molecule has 1 aliphatic heterocycles.